The van der Waals surface area contributed by atoms with Crippen molar-refractivity contribution < 1.29 is 20.9 Å². The molecule has 0 aromatic rings. The van der Waals surface area contributed by atoms with E-state index in [0.29, 0.717) is 0 Å². The van der Waals surface area contributed by atoms with E-state index in [1.807, 2.05) is 0 Å². The third kappa shape index (κ3) is 19.2. The lowest BCUT2D eigenvalue weighted by Gasteiger charge is -1.98. The quantitative estimate of drug-likeness (QED) is 0.312. The molecule has 0 heterocycles. The Labute approximate surface area is 53.4 Å². The number of rotatable bonds is 1. The third-order valence-corrected chi connectivity index (χ3v) is 0.407. The molecule has 0 spiro atoms. The number of hydrogen-bond acceptors (Lipinski definition) is 2. The van der Waals surface area contributed by atoms with Crippen molar-refractivity contribution in [3.05, 3.63) is 11.8 Å². The van der Waals surface area contributed by atoms with E-state index in [0.717, 1.165) is 6.08 Å². The molecule has 0 amide bonds. The summed E-state index contributed by atoms with van der Waals surface area (Å²) in [5.74, 6) is -0.375. The minimum Gasteiger partial charge on any atom is -0.876 e. The van der Waals surface area contributed by atoms with Crippen molar-refractivity contribution in [2.45, 2.75) is 13.8 Å². The van der Waals surface area contributed by atoms with Gasteiger partial charge in [0.05, 0.1) is 0 Å². The van der Waals surface area contributed by atoms with Crippen LogP contribution in [0.15, 0.2) is 11.8 Å². The van der Waals surface area contributed by atoms with E-state index in [1.54, 1.807) is 0 Å². The summed E-state index contributed by atoms with van der Waals surface area (Å²) in [5, 5.41) is 9.98. The van der Waals surface area contributed by atoms with Crippen LogP contribution in [0.25, 0.3) is 0 Å². The summed E-state index contributed by atoms with van der Waals surface area (Å²) >= 11 is 0. The van der Waals surface area contributed by atoms with E-state index in [4.69, 9.17) is 0 Å². The van der Waals surface area contributed by atoms with Crippen LogP contribution in [0.3, 0.4) is 0 Å². The summed E-state index contributed by atoms with van der Waals surface area (Å²) in [6.07, 6.45) is 1.06. The standard InChI is InChI=1S/C5H8O2.2H2O/c1-4(6)3-5(2)7;;/h3,6H,1-2H3;2*1H2/p-1/b4-3-;;. The zero-order valence-electron chi connectivity index (χ0n) is 5.39. The predicted octanol–water partition coefficient (Wildman–Crippen LogP) is -1.81. The molecule has 0 rings (SSSR count). The average molecular weight is 135 g/mol. The molecular weight excluding hydrogens is 124 g/mol. The molecule has 56 valence electrons. The molecule has 4 nitrogen and oxygen atoms in total. The van der Waals surface area contributed by atoms with Crippen LogP contribution in [0.5, 0.6) is 0 Å². The fraction of sp³-hybridized carbons (Fsp3) is 0.400. The van der Waals surface area contributed by atoms with Crippen molar-refractivity contribution in [1.29, 1.82) is 0 Å². The molecule has 0 aromatic heterocycles. The van der Waals surface area contributed by atoms with Crippen LogP contribution in [0, 0.1) is 0 Å². The van der Waals surface area contributed by atoms with Gasteiger partial charge < -0.3 is 16.1 Å². The van der Waals surface area contributed by atoms with Crippen LogP contribution in [0.4, 0.5) is 0 Å². The van der Waals surface area contributed by atoms with Gasteiger partial charge in [-0.05, 0) is 13.0 Å². The number of carbonyl (C=O) groups is 1. The topological polar surface area (TPSA) is 103 Å². The highest BCUT2D eigenvalue weighted by atomic mass is 16.3. The normalized spacial score (nSPS) is 8.89. The number of hydrogen-bond donors (Lipinski definition) is 0. The monoisotopic (exact) mass is 135 g/mol. The maximum Gasteiger partial charge on any atom is 0.151 e. The van der Waals surface area contributed by atoms with Gasteiger partial charge in [0.15, 0.2) is 5.78 Å². The second-order valence-corrected chi connectivity index (χ2v) is 1.37. The Bertz CT molecular complexity index is 102. The summed E-state index contributed by atoms with van der Waals surface area (Å²) in [5.41, 5.74) is 0. The molecule has 0 saturated heterocycles. The van der Waals surface area contributed by atoms with E-state index in [-0.39, 0.29) is 22.5 Å². The molecule has 0 radical (unpaired) electrons. The summed E-state index contributed by atoms with van der Waals surface area (Å²) in [6.45, 7) is 2.70. The zero-order chi connectivity index (χ0) is 5.86. The van der Waals surface area contributed by atoms with Crippen molar-refractivity contribution in [3.63, 3.8) is 0 Å². The van der Waals surface area contributed by atoms with Crippen molar-refractivity contribution >= 4 is 5.78 Å². The molecule has 0 atom stereocenters. The molecule has 4 heteroatoms. The molecule has 0 bridgehead atoms. The van der Waals surface area contributed by atoms with Gasteiger partial charge in [-0.15, -0.1) is 5.76 Å². The Morgan fingerprint density at radius 3 is 1.67 bits per heavy atom. The Hall–Kier alpha value is -0.870. The van der Waals surface area contributed by atoms with Gasteiger partial charge >= 0.3 is 0 Å². The highest BCUT2D eigenvalue weighted by molar-refractivity contribution is 5.87. The van der Waals surface area contributed by atoms with E-state index < -0.39 is 0 Å². The number of allylic oxidation sites excluding steroid dienone is 2. The van der Waals surface area contributed by atoms with Gasteiger partial charge in [-0.2, -0.15) is 0 Å². The zero-order valence-corrected chi connectivity index (χ0v) is 5.39. The van der Waals surface area contributed by atoms with E-state index in [1.165, 1.54) is 13.8 Å². The molecule has 9 heavy (non-hydrogen) atoms. The Morgan fingerprint density at radius 2 is 1.67 bits per heavy atom. The largest absolute Gasteiger partial charge is 0.876 e. The predicted molar refractivity (Wildman–Crippen MR) is 31.7 cm³/mol. The van der Waals surface area contributed by atoms with Crippen molar-refractivity contribution in [3.8, 4) is 0 Å². The fourth-order valence-electron chi connectivity index (χ4n) is 0.286. The molecule has 0 fully saturated rings. The van der Waals surface area contributed by atoms with Crippen molar-refractivity contribution in [2.75, 3.05) is 0 Å². The summed E-state index contributed by atoms with van der Waals surface area (Å²) < 4.78 is 0. The van der Waals surface area contributed by atoms with Crippen LogP contribution >= 0.6 is 0 Å². The number of ketones is 1. The molecule has 0 saturated carbocycles. The fourth-order valence-corrected chi connectivity index (χ4v) is 0.286. The molecular formula is C5H11O4-. The first-order valence-corrected chi connectivity index (χ1v) is 1.99. The van der Waals surface area contributed by atoms with Gasteiger partial charge in [0, 0.05) is 0 Å². The first kappa shape index (κ1) is 15.7. The highest BCUT2D eigenvalue weighted by Crippen LogP contribution is 1.77. The van der Waals surface area contributed by atoms with Crippen molar-refractivity contribution in [1.82, 2.24) is 0 Å². The molecule has 0 unspecified atom stereocenters. The van der Waals surface area contributed by atoms with Crippen LogP contribution in [-0.2, 0) is 4.79 Å². The van der Waals surface area contributed by atoms with Crippen molar-refractivity contribution in [2.24, 2.45) is 0 Å². The number of carbonyl (C=O) groups excluding carboxylic acids is 1. The van der Waals surface area contributed by atoms with Crippen LogP contribution in [0.1, 0.15) is 13.8 Å². The third-order valence-electron chi connectivity index (χ3n) is 0.407. The second kappa shape index (κ2) is 7.13. The first-order valence-electron chi connectivity index (χ1n) is 1.99. The first-order chi connectivity index (χ1) is 3.13. The van der Waals surface area contributed by atoms with E-state index in [9.17, 15) is 9.90 Å². The van der Waals surface area contributed by atoms with E-state index in [2.05, 4.69) is 0 Å². The molecule has 0 aromatic carbocycles. The molecule has 0 aliphatic rings. The molecule has 0 aliphatic heterocycles. The van der Waals surface area contributed by atoms with Gasteiger partial charge in [0.2, 0.25) is 0 Å². The minimum absolute atomic E-state index is 0. The van der Waals surface area contributed by atoms with Crippen LogP contribution in [0.2, 0.25) is 0 Å². The Kier molecular flexibility index (Phi) is 12.4. The maximum absolute atomic E-state index is 9.98. The molecule has 4 N–H and O–H groups in total. The lowest BCUT2D eigenvalue weighted by Crippen LogP contribution is -1.99. The summed E-state index contributed by atoms with van der Waals surface area (Å²) in [4.78, 5) is 9.98. The van der Waals surface area contributed by atoms with Gasteiger partial charge in [-0.1, -0.05) is 6.92 Å². The lowest BCUT2D eigenvalue weighted by atomic mass is 10.4. The van der Waals surface area contributed by atoms with Crippen LogP contribution in [-0.4, -0.2) is 16.7 Å². The second-order valence-electron chi connectivity index (χ2n) is 1.37. The molecule has 0 aliphatic carbocycles. The SMILES string of the molecule is CC(=O)/C=C(/C)[O-].O.O. The van der Waals surface area contributed by atoms with Crippen LogP contribution < -0.4 is 5.11 Å². The van der Waals surface area contributed by atoms with Gasteiger partial charge in [-0.3, -0.25) is 4.79 Å². The Balaban J connectivity index is -0.000000180. The summed E-state index contributed by atoms with van der Waals surface area (Å²) in [7, 11) is 0. The average Bonchev–Trinajstić information content (AvgIpc) is 1.27. The highest BCUT2D eigenvalue weighted by Gasteiger charge is 1.76. The smallest absolute Gasteiger partial charge is 0.151 e. The van der Waals surface area contributed by atoms with E-state index >= 15 is 0 Å². The summed E-state index contributed by atoms with van der Waals surface area (Å²) in [6, 6.07) is 0. The maximum atomic E-state index is 9.98. The minimum atomic E-state index is -0.187. The van der Waals surface area contributed by atoms with Gasteiger partial charge in [0.25, 0.3) is 0 Å². The lowest BCUT2D eigenvalue weighted by molar-refractivity contribution is -0.301. The van der Waals surface area contributed by atoms with Gasteiger partial charge in [0.1, 0.15) is 0 Å². The Morgan fingerprint density at radius 1 is 1.33 bits per heavy atom. The van der Waals surface area contributed by atoms with Gasteiger partial charge in [-0.25, -0.2) is 0 Å².